The maximum Gasteiger partial charge on any atom is 0.194 e. The fourth-order valence-corrected chi connectivity index (χ4v) is 2.10. The molecule has 0 aromatic rings. The van der Waals surface area contributed by atoms with Gasteiger partial charge in [-0.05, 0) is 19.5 Å². The molecular weight excluding hydrogens is 176 g/mol. The number of rotatable bonds is 1. The molecule has 2 aliphatic heterocycles. The summed E-state index contributed by atoms with van der Waals surface area (Å²) in [5, 5.41) is 3.34. The topological polar surface area (TPSA) is 30.9 Å². The number of nitrogens with one attached hydrogen (secondary N) is 1. The predicted molar refractivity (Wildman–Crippen MR) is 58.6 cm³/mol. The lowest BCUT2D eigenvalue weighted by molar-refractivity contribution is 0.300. The Bertz CT molecular complexity index is 214. The molecule has 1 fully saturated rings. The monoisotopic (exact) mass is 196 g/mol. The highest BCUT2D eigenvalue weighted by atomic mass is 15.3. The third-order valence-electron chi connectivity index (χ3n) is 2.99. The summed E-state index contributed by atoms with van der Waals surface area (Å²) in [6.45, 7) is 10.1. The number of likely N-dealkylation sites (N-methyl/N-ethyl adjacent to an activating group) is 1. The van der Waals surface area contributed by atoms with Crippen LogP contribution in [-0.4, -0.2) is 61.6 Å². The predicted octanol–water partition coefficient (Wildman–Crippen LogP) is -0.0268. The number of nitrogens with zero attached hydrogens (tertiary/aromatic N) is 3. The number of guanidine groups is 1. The summed E-state index contributed by atoms with van der Waals surface area (Å²) >= 11 is 0. The molecule has 4 nitrogen and oxygen atoms in total. The molecule has 0 aromatic heterocycles. The minimum Gasteiger partial charge on any atom is -0.354 e. The van der Waals surface area contributed by atoms with E-state index in [2.05, 4.69) is 27.0 Å². The van der Waals surface area contributed by atoms with Crippen molar-refractivity contribution in [1.29, 1.82) is 0 Å². The lowest BCUT2D eigenvalue weighted by Gasteiger charge is -2.22. The van der Waals surface area contributed by atoms with Crippen LogP contribution < -0.4 is 5.32 Å². The smallest absolute Gasteiger partial charge is 0.194 e. The fourth-order valence-electron chi connectivity index (χ4n) is 2.10. The van der Waals surface area contributed by atoms with Gasteiger partial charge in [-0.1, -0.05) is 6.92 Å². The Morgan fingerprint density at radius 3 is 2.93 bits per heavy atom. The average Bonchev–Trinajstić information content (AvgIpc) is 2.63. The summed E-state index contributed by atoms with van der Waals surface area (Å²) < 4.78 is 0. The first kappa shape index (κ1) is 9.77. The quantitative estimate of drug-likeness (QED) is 0.639. The van der Waals surface area contributed by atoms with Gasteiger partial charge in [0.2, 0.25) is 0 Å². The van der Waals surface area contributed by atoms with E-state index in [4.69, 9.17) is 0 Å². The van der Waals surface area contributed by atoms with Crippen molar-refractivity contribution >= 4 is 5.96 Å². The highest BCUT2D eigenvalue weighted by Crippen LogP contribution is 2.04. The summed E-state index contributed by atoms with van der Waals surface area (Å²) in [6, 6.07) is 0. The molecule has 14 heavy (non-hydrogen) atoms. The molecule has 0 bridgehead atoms. The van der Waals surface area contributed by atoms with Crippen LogP contribution in [0.4, 0.5) is 0 Å². The normalized spacial score (nSPS) is 24.4. The van der Waals surface area contributed by atoms with Gasteiger partial charge in [0.25, 0.3) is 0 Å². The van der Waals surface area contributed by atoms with Crippen LogP contribution in [0.5, 0.6) is 0 Å². The van der Waals surface area contributed by atoms with Gasteiger partial charge in [0, 0.05) is 26.2 Å². The number of hydrogen-bond donors (Lipinski definition) is 1. The summed E-state index contributed by atoms with van der Waals surface area (Å²) in [5.41, 5.74) is 0. The highest BCUT2D eigenvalue weighted by Gasteiger charge is 2.18. The van der Waals surface area contributed by atoms with Gasteiger partial charge in [0.15, 0.2) is 5.96 Å². The zero-order valence-electron chi connectivity index (χ0n) is 9.00. The third-order valence-corrected chi connectivity index (χ3v) is 2.99. The van der Waals surface area contributed by atoms with E-state index in [1.165, 1.54) is 26.1 Å². The largest absolute Gasteiger partial charge is 0.354 e. The molecule has 2 heterocycles. The molecule has 0 unspecified atom stereocenters. The molecule has 0 amide bonds. The summed E-state index contributed by atoms with van der Waals surface area (Å²) in [6.07, 6.45) is 1.26. The highest BCUT2D eigenvalue weighted by molar-refractivity contribution is 5.81. The first-order valence-corrected chi connectivity index (χ1v) is 5.66. The van der Waals surface area contributed by atoms with Crippen molar-refractivity contribution in [2.24, 2.45) is 4.99 Å². The molecular formula is C10H20N4. The second kappa shape index (κ2) is 4.64. The molecule has 1 saturated heterocycles. The van der Waals surface area contributed by atoms with Gasteiger partial charge in [0.05, 0.1) is 6.54 Å². The average molecular weight is 196 g/mol. The van der Waals surface area contributed by atoms with Crippen LogP contribution in [-0.2, 0) is 0 Å². The Kier molecular flexibility index (Phi) is 3.24. The lowest BCUT2D eigenvalue weighted by atomic mass is 10.4. The van der Waals surface area contributed by atoms with Crippen molar-refractivity contribution in [2.45, 2.75) is 13.3 Å². The first-order valence-electron chi connectivity index (χ1n) is 5.66. The summed E-state index contributed by atoms with van der Waals surface area (Å²) in [7, 11) is 0. The van der Waals surface area contributed by atoms with E-state index in [9.17, 15) is 0 Å². The molecule has 0 spiro atoms. The Morgan fingerprint density at radius 2 is 2.21 bits per heavy atom. The molecule has 4 heteroatoms. The van der Waals surface area contributed by atoms with E-state index in [1.54, 1.807) is 0 Å². The molecule has 2 rings (SSSR count). The van der Waals surface area contributed by atoms with Crippen molar-refractivity contribution in [3.63, 3.8) is 0 Å². The van der Waals surface area contributed by atoms with Crippen molar-refractivity contribution < 1.29 is 0 Å². The van der Waals surface area contributed by atoms with E-state index >= 15 is 0 Å². The van der Waals surface area contributed by atoms with Crippen LogP contribution in [0, 0.1) is 0 Å². The van der Waals surface area contributed by atoms with Crippen molar-refractivity contribution in [2.75, 3.05) is 45.8 Å². The molecule has 1 N–H and O–H groups in total. The fraction of sp³-hybridized carbons (Fsp3) is 0.900. The zero-order chi connectivity index (χ0) is 9.80. The van der Waals surface area contributed by atoms with Gasteiger partial charge in [-0.15, -0.1) is 0 Å². The molecule has 80 valence electrons. The van der Waals surface area contributed by atoms with Gasteiger partial charge in [-0.2, -0.15) is 0 Å². The molecule has 0 saturated carbocycles. The minimum atomic E-state index is 0.948. The van der Waals surface area contributed by atoms with Crippen LogP contribution >= 0.6 is 0 Å². The second-order valence-electron chi connectivity index (χ2n) is 3.91. The van der Waals surface area contributed by atoms with Crippen molar-refractivity contribution in [3.05, 3.63) is 0 Å². The SMILES string of the molecule is CCN1CCCN(C2=NCCN2)CC1. The van der Waals surface area contributed by atoms with Gasteiger partial charge in [-0.3, -0.25) is 4.99 Å². The van der Waals surface area contributed by atoms with Crippen LogP contribution in [0.3, 0.4) is 0 Å². The Morgan fingerprint density at radius 1 is 1.29 bits per heavy atom. The van der Waals surface area contributed by atoms with Gasteiger partial charge < -0.3 is 15.1 Å². The van der Waals surface area contributed by atoms with E-state index in [0.29, 0.717) is 0 Å². The van der Waals surface area contributed by atoms with Crippen molar-refractivity contribution in [1.82, 2.24) is 15.1 Å². The van der Waals surface area contributed by atoms with E-state index in [0.717, 1.165) is 32.1 Å². The number of aliphatic imine (C=N–C) groups is 1. The van der Waals surface area contributed by atoms with Crippen LogP contribution in [0.25, 0.3) is 0 Å². The van der Waals surface area contributed by atoms with Gasteiger partial charge in [-0.25, -0.2) is 0 Å². The summed E-state index contributed by atoms with van der Waals surface area (Å²) in [5.74, 6) is 1.13. The Labute approximate surface area is 86.0 Å². The van der Waals surface area contributed by atoms with Gasteiger partial charge in [0.1, 0.15) is 0 Å². The van der Waals surface area contributed by atoms with Crippen LogP contribution in [0.15, 0.2) is 4.99 Å². The maximum atomic E-state index is 4.46. The standard InChI is InChI=1S/C10H20N4/c1-2-13-6-3-7-14(9-8-13)10-11-4-5-12-10/h2-9H2,1H3,(H,11,12). The molecule has 0 radical (unpaired) electrons. The Hall–Kier alpha value is -0.770. The van der Waals surface area contributed by atoms with Gasteiger partial charge >= 0.3 is 0 Å². The van der Waals surface area contributed by atoms with Crippen LogP contribution in [0.2, 0.25) is 0 Å². The second-order valence-corrected chi connectivity index (χ2v) is 3.91. The lowest BCUT2D eigenvalue weighted by Crippen LogP contribution is -2.41. The maximum absolute atomic E-state index is 4.46. The molecule has 0 atom stereocenters. The third kappa shape index (κ3) is 2.18. The van der Waals surface area contributed by atoms with E-state index in [1.807, 2.05) is 0 Å². The minimum absolute atomic E-state index is 0.948. The summed E-state index contributed by atoms with van der Waals surface area (Å²) in [4.78, 5) is 9.37. The van der Waals surface area contributed by atoms with Crippen LogP contribution in [0.1, 0.15) is 13.3 Å². The molecule has 0 aromatic carbocycles. The van der Waals surface area contributed by atoms with E-state index < -0.39 is 0 Å². The number of hydrogen-bond acceptors (Lipinski definition) is 4. The zero-order valence-corrected chi connectivity index (χ0v) is 9.00. The first-order chi connectivity index (χ1) is 6.90. The molecule has 2 aliphatic rings. The molecule has 0 aliphatic carbocycles. The van der Waals surface area contributed by atoms with Crippen molar-refractivity contribution in [3.8, 4) is 0 Å². The van der Waals surface area contributed by atoms with E-state index in [-0.39, 0.29) is 0 Å². The Balaban J connectivity index is 1.88.